The molecule has 1 fully saturated rings. The lowest BCUT2D eigenvalue weighted by Gasteiger charge is -2.40. The number of anilines is 1. The van der Waals surface area contributed by atoms with Gasteiger partial charge in [-0.2, -0.15) is 0 Å². The van der Waals surface area contributed by atoms with Gasteiger partial charge in [-0.15, -0.1) is 12.4 Å². The first-order chi connectivity index (χ1) is 8.45. The zero-order chi connectivity index (χ0) is 14.4. The average molecular weight is 340 g/mol. The average Bonchev–Trinajstić information content (AvgIpc) is 2.26. The summed E-state index contributed by atoms with van der Waals surface area (Å²) in [5.74, 6) is 0.277. The third kappa shape index (κ3) is 4.10. The molecule has 2 heterocycles. The van der Waals surface area contributed by atoms with Gasteiger partial charge in [-0.25, -0.2) is 4.98 Å². The van der Waals surface area contributed by atoms with Crippen LogP contribution in [0.5, 0.6) is 0 Å². The molecule has 1 N–H and O–H groups in total. The topological polar surface area (TPSA) is 28.2 Å². The molecule has 10 heteroatoms. The number of hydrogen-bond acceptors (Lipinski definition) is 3. The normalized spacial score (nSPS) is 23.5. The van der Waals surface area contributed by atoms with E-state index in [-0.39, 0.29) is 30.5 Å². The van der Waals surface area contributed by atoms with Crippen LogP contribution in [0.25, 0.3) is 0 Å². The molecule has 0 aliphatic carbocycles. The van der Waals surface area contributed by atoms with Crippen LogP contribution in [0.4, 0.5) is 25.2 Å². The Morgan fingerprint density at radius 3 is 2.35 bits per heavy atom. The largest absolute Gasteiger partial charge is 0.354 e. The van der Waals surface area contributed by atoms with Crippen LogP contribution in [0.2, 0.25) is 0 Å². The Morgan fingerprint density at radius 2 is 1.90 bits per heavy atom. The standard InChI is InChI=1S/C10H14F5N3S.ClH/c1-8-7-18(5-4-16-8)10-3-2-9(6-17-10)19(11,12,13,14)15;/h2-3,6,8,16H,4-5,7H2,1H3;1H/t8-;/m1./s1. The van der Waals surface area contributed by atoms with Crippen molar-refractivity contribution >= 4 is 28.4 Å². The van der Waals surface area contributed by atoms with Gasteiger partial charge in [0, 0.05) is 25.7 Å². The van der Waals surface area contributed by atoms with Crippen molar-refractivity contribution in [3.8, 4) is 0 Å². The summed E-state index contributed by atoms with van der Waals surface area (Å²) < 4.78 is 62.6. The highest BCUT2D eigenvalue weighted by atomic mass is 35.5. The second kappa shape index (κ2) is 4.60. The van der Waals surface area contributed by atoms with Gasteiger partial charge in [-0.05, 0) is 19.1 Å². The highest BCUT2D eigenvalue weighted by Crippen LogP contribution is 3.02. The molecule has 0 bridgehead atoms. The first-order valence-electron chi connectivity index (χ1n) is 5.64. The quantitative estimate of drug-likeness (QED) is 0.827. The lowest BCUT2D eigenvalue weighted by Crippen LogP contribution is -2.49. The van der Waals surface area contributed by atoms with Gasteiger partial charge in [-0.1, -0.05) is 19.4 Å². The number of nitrogens with one attached hydrogen (secondary N) is 1. The van der Waals surface area contributed by atoms with E-state index in [0.29, 0.717) is 25.7 Å². The summed E-state index contributed by atoms with van der Waals surface area (Å²) in [7, 11) is -9.62. The van der Waals surface area contributed by atoms with Crippen LogP contribution in [-0.2, 0) is 0 Å². The fourth-order valence-corrected chi connectivity index (χ4v) is 2.51. The molecule has 1 aliphatic heterocycles. The van der Waals surface area contributed by atoms with E-state index < -0.39 is 15.1 Å². The Hall–Kier alpha value is -0.800. The van der Waals surface area contributed by atoms with Gasteiger partial charge in [0.05, 0.1) is 6.20 Å². The maximum Gasteiger partial charge on any atom is 0.311 e. The molecule has 0 aromatic carbocycles. The van der Waals surface area contributed by atoms with E-state index in [1.807, 2.05) is 6.92 Å². The van der Waals surface area contributed by atoms with Crippen molar-refractivity contribution < 1.29 is 19.4 Å². The van der Waals surface area contributed by atoms with Crippen LogP contribution in [0.1, 0.15) is 6.92 Å². The number of rotatable bonds is 2. The minimum atomic E-state index is -9.62. The van der Waals surface area contributed by atoms with Gasteiger partial charge in [0.15, 0.2) is 0 Å². The van der Waals surface area contributed by atoms with Crippen LogP contribution in [0.15, 0.2) is 23.2 Å². The van der Waals surface area contributed by atoms with Crippen molar-refractivity contribution in [2.24, 2.45) is 0 Å². The molecule has 20 heavy (non-hydrogen) atoms. The Kier molecular flexibility index (Phi) is 3.97. The number of halogens is 6. The first-order valence-corrected chi connectivity index (χ1v) is 7.59. The Morgan fingerprint density at radius 1 is 1.25 bits per heavy atom. The molecule has 1 aromatic rings. The second-order valence-electron chi connectivity index (χ2n) is 4.62. The molecule has 118 valence electrons. The van der Waals surface area contributed by atoms with Gasteiger partial charge in [-0.3, -0.25) is 0 Å². The first kappa shape index (κ1) is 17.3. The fourth-order valence-electron chi connectivity index (χ4n) is 1.93. The molecule has 1 saturated heterocycles. The zero-order valence-corrected chi connectivity index (χ0v) is 12.2. The Bertz CT molecular complexity index is 477. The Labute approximate surface area is 119 Å². The van der Waals surface area contributed by atoms with E-state index in [9.17, 15) is 19.4 Å². The van der Waals surface area contributed by atoms with Crippen molar-refractivity contribution in [1.29, 1.82) is 0 Å². The number of nitrogens with zero attached hydrogens (tertiary/aromatic N) is 2. The summed E-state index contributed by atoms with van der Waals surface area (Å²) in [6.45, 7) is 3.75. The highest BCUT2D eigenvalue weighted by molar-refractivity contribution is 8.45. The molecule has 0 saturated carbocycles. The SMILES string of the molecule is C[C@@H]1CN(c2ccc(S(F)(F)(F)(F)F)cn2)CCN1.Cl. The molecule has 0 unspecified atom stereocenters. The van der Waals surface area contributed by atoms with E-state index >= 15 is 0 Å². The van der Waals surface area contributed by atoms with Gasteiger partial charge in [0.25, 0.3) is 0 Å². The van der Waals surface area contributed by atoms with Crippen LogP contribution in [0.3, 0.4) is 0 Å². The van der Waals surface area contributed by atoms with Crippen molar-refractivity contribution in [1.82, 2.24) is 10.3 Å². The molecule has 0 spiro atoms. The smallest absolute Gasteiger partial charge is 0.311 e. The fraction of sp³-hybridized carbons (Fsp3) is 0.500. The van der Waals surface area contributed by atoms with Crippen LogP contribution in [-0.4, -0.2) is 30.7 Å². The van der Waals surface area contributed by atoms with Crippen molar-refractivity contribution in [2.45, 2.75) is 17.9 Å². The molecule has 1 atom stereocenters. The summed E-state index contributed by atoms with van der Waals surface area (Å²) in [5.41, 5.74) is 0. The number of hydrogen-bond donors (Lipinski definition) is 1. The van der Waals surface area contributed by atoms with E-state index in [2.05, 4.69) is 10.3 Å². The molecule has 2 rings (SSSR count). The predicted molar refractivity (Wildman–Crippen MR) is 72.6 cm³/mol. The van der Waals surface area contributed by atoms with Crippen molar-refractivity contribution in [3.63, 3.8) is 0 Å². The van der Waals surface area contributed by atoms with Crippen LogP contribution >= 0.6 is 22.6 Å². The molecule has 3 nitrogen and oxygen atoms in total. The molecular weight excluding hydrogens is 325 g/mol. The van der Waals surface area contributed by atoms with E-state index in [0.717, 1.165) is 6.07 Å². The van der Waals surface area contributed by atoms with Crippen LogP contribution < -0.4 is 10.2 Å². The minimum absolute atomic E-state index is 0. The lowest BCUT2D eigenvalue weighted by molar-refractivity contribution is 0.363. The second-order valence-corrected chi connectivity index (χ2v) is 7.03. The molecule has 1 aliphatic rings. The number of aromatic nitrogens is 1. The third-order valence-corrected chi connectivity index (χ3v) is 3.99. The molecule has 1 aromatic heterocycles. The highest BCUT2D eigenvalue weighted by Gasteiger charge is 2.65. The number of piperazine rings is 1. The van der Waals surface area contributed by atoms with Gasteiger partial charge in [0.2, 0.25) is 0 Å². The molecule has 0 radical (unpaired) electrons. The van der Waals surface area contributed by atoms with E-state index in [1.54, 1.807) is 4.90 Å². The van der Waals surface area contributed by atoms with E-state index in [4.69, 9.17) is 0 Å². The predicted octanol–water partition coefficient (Wildman–Crippen LogP) is 3.96. The summed E-state index contributed by atoms with van der Waals surface area (Å²) in [6, 6.07) is 1.56. The summed E-state index contributed by atoms with van der Waals surface area (Å²) in [5, 5.41) is 3.17. The Balaban J connectivity index is 0.00000200. The van der Waals surface area contributed by atoms with Crippen LogP contribution in [0, 0.1) is 0 Å². The van der Waals surface area contributed by atoms with Gasteiger partial charge < -0.3 is 10.2 Å². The summed E-state index contributed by atoms with van der Waals surface area (Å²) in [4.78, 5) is 3.33. The third-order valence-electron chi connectivity index (χ3n) is 2.86. The molecule has 0 amide bonds. The monoisotopic (exact) mass is 339 g/mol. The van der Waals surface area contributed by atoms with Crippen molar-refractivity contribution in [2.75, 3.05) is 24.5 Å². The maximum atomic E-state index is 12.5. The molecular formula is C10H15ClF5N3S. The summed E-state index contributed by atoms with van der Waals surface area (Å²) in [6.07, 6.45) is 0.212. The van der Waals surface area contributed by atoms with Gasteiger partial charge in [0.1, 0.15) is 10.7 Å². The van der Waals surface area contributed by atoms with Crippen molar-refractivity contribution in [3.05, 3.63) is 18.3 Å². The van der Waals surface area contributed by atoms with E-state index in [1.165, 1.54) is 0 Å². The lowest BCUT2D eigenvalue weighted by atomic mass is 10.2. The summed E-state index contributed by atoms with van der Waals surface area (Å²) >= 11 is 0. The maximum absolute atomic E-state index is 12.5. The minimum Gasteiger partial charge on any atom is -0.354 e. The zero-order valence-electron chi connectivity index (χ0n) is 10.5. The van der Waals surface area contributed by atoms with Gasteiger partial charge >= 0.3 is 10.2 Å². The number of pyridine rings is 1.